The zero-order valence-corrected chi connectivity index (χ0v) is 13.9. The first-order valence-corrected chi connectivity index (χ1v) is 7.79. The Labute approximate surface area is 138 Å². The highest BCUT2D eigenvalue weighted by Crippen LogP contribution is 2.31. The standard InChI is InChI=1S/C17H16N2O3S/c1-17(2,3)22-16(21)19-12-6-4-11(5-7-12)14-10-23-15(9-20)13(14)8-18/h4-7,9-10H,1-3H3,(H,19,21). The third-order valence-corrected chi connectivity index (χ3v) is 3.79. The topological polar surface area (TPSA) is 79.2 Å². The Bertz CT molecular complexity index is 765. The molecule has 0 aliphatic carbocycles. The van der Waals surface area contributed by atoms with Crippen molar-refractivity contribution in [3.05, 3.63) is 40.1 Å². The minimum Gasteiger partial charge on any atom is -0.444 e. The number of nitrogens with zero attached hydrogens (tertiary/aromatic N) is 1. The van der Waals surface area contributed by atoms with Gasteiger partial charge in [-0.1, -0.05) is 12.1 Å². The fourth-order valence-electron chi connectivity index (χ4n) is 1.94. The Balaban J connectivity index is 2.17. The zero-order chi connectivity index (χ0) is 17.0. The SMILES string of the molecule is CC(C)(C)OC(=O)Nc1ccc(-c2csc(C=O)c2C#N)cc1. The third kappa shape index (κ3) is 4.18. The van der Waals surface area contributed by atoms with Gasteiger partial charge in [0.1, 0.15) is 11.7 Å². The summed E-state index contributed by atoms with van der Waals surface area (Å²) in [6, 6.07) is 9.06. The van der Waals surface area contributed by atoms with Crippen LogP contribution in [0.1, 0.15) is 36.0 Å². The summed E-state index contributed by atoms with van der Waals surface area (Å²) in [6.07, 6.45) is 0.159. The largest absolute Gasteiger partial charge is 0.444 e. The van der Waals surface area contributed by atoms with E-state index in [0.29, 0.717) is 28.0 Å². The van der Waals surface area contributed by atoms with E-state index in [0.717, 1.165) is 5.56 Å². The summed E-state index contributed by atoms with van der Waals surface area (Å²) in [5.74, 6) is 0. The van der Waals surface area contributed by atoms with Gasteiger partial charge in [0.2, 0.25) is 0 Å². The van der Waals surface area contributed by atoms with Crippen molar-refractivity contribution in [2.75, 3.05) is 5.32 Å². The van der Waals surface area contributed by atoms with Crippen LogP contribution >= 0.6 is 11.3 Å². The minimum absolute atomic E-state index is 0.373. The van der Waals surface area contributed by atoms with Crippen molar-refractivity contribution in [3.8, 4) is 17.2 Å². The summed E-state index contributed by atoms with van der Waals surface area (Å²) in [5, 5.41) is 13.6. The summed E-state index contributed by atoms with van der Waals surface area (Å²) in [4.78, 5) is 23.0. The molecule has 1 N–H and O–H groups in total. The monoisotopic (exact) mass is 328 g/mol. The van der Waals surface area contributed by atoms with Crippen LogP contribution in [0.15, 0.2) is 29.6 Å². The van der Waals surface area contributed by atoms with Gasteiger partial charge in [0.25, 0.3) is 0 Å². The van der Waals surface area contributed by atoms with Crippen molar-refractivity contribution in [1.82, 2.24) is 0 Å². The van der Waals surface area contributed by atoms with E-state index >= 15 is 0 Å². The van der Waals surface area contributed by atoms with Crippen molar-refractivity contribution in [3.63, 3.8) is 0 Å². The number of amides is 1. The number of hydrogen-bond donors (Lipinski definition) is 1. The van der Waals surface area contributed by atoms with Crippen LogP contribution in [0.2, 0.25) is 0 Å². The van der Waals surface area contributed by atoms with Crippen molar-refractivity contribution in [2.45, 2.75) is 26.4 Å². The van der Waals surface area contributed by atoms with Gasteiger partial charge in [0.15, 0.2) is 6.29 Å². The van der Waals surface area contributed by atoms with Crippen LogP contribution in [0.25, 0.3) is 11.1 Å². The molecule has 23 heavy (non-hydrogen) atoms. The van der Waals surface area contributed by atoms with Gasteiger partial charge in [-0.15, -0.1) is 11.3 Å². The van der Waals surface area contributed by atoms with Crippen molar-refractivity contribution < 1.29 is 14.3 Å². The van der Waals surface area contributed by atoms with E-state index in [1.54, 1.807) is 50.4 Å². The number of carbonyl (C=O) groups is 2. The van der Waals surface area contributed by atoms with Crippen molar-refractivity contribution in [1.29, 1.82) is 5.26 Å². The molecule has 0 unspecified atom stereocenters. The smallest absolute Gasteiger partial charge is 0.412 e. The number of hydrogen-bond acceptors (Lipinski definition) is 5. The van der Waals surface area contributed by atoms with Crippen LogP contribution in [0.4, 0.5) is 10.5 Å². The molecule has 0 spiro atoms. The molecule has 1 aromatic heterocycles. The van der Waals surface area contributed by atoms with E-state index in [1.807, 2.05) is 0 Å². The molecule has 2 rings (SSSR count). The number of anilines is 1. The van der Waals surface area contributed by atoms with E-state index in [-0.39, 0.29) is 0 Å². The molecule has 0 radical (unpaired) electrons. The lowest BCUT2D eigenvalue weighted by atomic mass is 10.0. The fraction of sp³-hybridized carbons (Fsp3) is 0.235. The van der Waals surface area contributed by atoms with Crippen molar-refractivity contribution >= 4 is 29.4 Å². The highest BCUT2D eigenvalue weighted by Gasteiger charge is 2.16. The zero-order valence-electron chi connectivity index (χ0n) is 13.0. The second kappa shape index (κ2) is 6.63. The Morgan fingerprint density at radius 3 is 2.48 bits per heavy atom. The molecular weight excluding hydrogens is 312 g/mol. The normalized spacial score (nSPS) is 10.7. The van der Waals surface area contributed by atoms with Gasteiger partial charge < -0.3 is 4.74 Å². The molecule has 1 amide bonds. The maximum Gasteiger partial charge on any atom is 0.412 e. The summed E-state index contributed by atoms with van der Waals surface area (Å²) < 4.78 is 5.18. The average Bonchev–Trinajstić information content (AvgIpc) is 2.88. The van der Waals surface area contributed by atoms with Crippen LogP contribution in [-0.2, 0) is 4.74 Å². The predicted octanol–water partition coefficient (Wildman–Crippen LogP) is 4.45. The number of rotatable bonds is 3. The number of benzene rings is 1. The van der Waals surface area contributed by atoms with Gasteiger partial charge >= 0.3 is 6.09 Å². The summed E-state index contributed by atoms with van der Waals surface area (Å²) in [6.45, 7) is 5.38. The highest BCUT2D eigenvalue weighted by molar-refractivity contribution is 7.12. The van der Waals surface area contributed by atoms with E-state index in [4.69, 9.17) is 4.74 Å². The van der Waals surface area contributed by atoms with Crippen LogP contribution in [0.5, 0.6) is 0 Å². The Hall–Kier alpha value is -2.65. The second-order valence-corrected chi connectivity index (χ2v) is 6.73. The molecule has 1 aromatic carbocycles. The first-order chi connectivity index (χ1) is 10.8. The van der Waals surface area contributed by atoms with Crippen LogP contribution in [0, 0.1) is 11.3 Å². The van der Waals surface area contributed by atoms with Crippen LogP contribution < -0.4 is 5.32 Å². The molecule has 0 saturated carbocycles. The summed E-state index contributed by atoms with van der Waals surface area (Å²) in [7, 11) is 0. The molecule has 0 aliphatic heterocycles. The molecule has 118 valence electrons. The van der Waals surface area contributed by atoms with Gasteiger partial charge in [0, 0.05) is 16.6 Å². The Kier molecular flexibility index (Phi) is 4.82. The first kappa shape index (κ1) is 16.7. The number of thiophene rings is 1. The number of carbonyl (C=O) groups excluding carboxylic acids is 2. The lowest BCUT2D eigenvalue weighted by molar-refractivity contribution is 0.0636. The molecule has 0 fully saturated rings. The lowest BCUT2D eigenvalue weighted by Crippen LogP contribution is -2.27. The van der Waals surface area contributed by atoms with Gasteiger partial charge in [-0.3, -0.25) is 10.1 Å². The van der Waals surface area contributed by atoms with E-state index in [9.17, 15) is 14.9 Å². The molecule has 6 heteroatoms. The Morgan fingerprint density at radius 2 is 1.96 bits per heavy atom. The number of aldehydes is 1. The number of ether oxygens (including phenoxy) is 1. The van der Waals surface area contributed by atoms with E-state index in [2.05, 4.69) is 11.4 Å². The average molecular weight is 328 g/mol. The summed E-state index contributed by atoms with van der Waals surface area (Å²) in [5.41, 5.74) is 1.92. The quantitative estimate of drug-likeness (QED) is 0.844. The molecule has 1 heterocycles. The second-order valence-electron chi connectivity index (χ2n) is 5.82. The highest BCUT2D eigenvalue weighted by atomic mass is 32.1. The van der Waals surface area contributed by atoms with Gasteiger partial charge in [0.05, 0.1) is 10.4 Å². The first-order valence-electron chi connectivity index (χ1n) is 6.91. The molecule has 2 aromatic rings. The number of nitriles is 1. The lowest BCUT2D eigenvalue weighted by Gasteiger charge is -2.19. The fourth-order valence-corrected chi connectivity index (χ4v) is 2.77. The molecule has 0 bridgehead atoms. The number of nitrogens with one attached hydrogen (secondary N) is 1. The third-order valence-electron chi connectivity index (χ3n) is 2.88. The van der Waals surface area contributed by atoms with Gasteiger partial charge in [-0.2, -0.15) is 5.26 Å². The van der Waals surface area contributed by atoms with Crippen LogP contribution in [0.3, 0.4) is 0 Å². The molecule has 0 atom stereocenters. The Morgan fingerprint density at radius 1 is 1.30 bits per heavy atom. The van der Waals surface area contributed by atoms with E-state index in [1.165, 1.54) is 11.3 Å². The predicted molar refractivity (Wildman–Crippen MR) is 89.7 cm³/mol. The maximum absolute atomic E-state index is 11.7. The summed E-state index contributed by atoms with van der Waals surface area (Å²) >= 11 is 1.24. The minimum atomic E-state index is -0.562. The van der Waals surface area contributed by atoms with Gasteiger partial charge in [-0.05, 0) is 38.5 Å². The molecule has 0 saturated heterocycles. The van der Waals surface area contributed by atoms with Crippen molar-refractivity contribution in [2.24, 2.45) is 0 Å². The molecular formula is C17H16N2O3S. The maximum atomic E-state index is 11.7. The van der Waals surface area contributed by atoms with Crippen LogP contribution in [-0.4, -0.2) is 18.0 Å². The van der Waals surface area contributed by atoms with E-state index < -0.39 is 11.7 Å². The molecule has 0 aliphatic rings. The molecule has 5 nitrogen and oxygen atoms in total. The van der Waals surface area contributed by atoms with Gasteiger partial charge in [-0.25, -0.2) is 4.79 Å².